The summed E-state index contributed by atoms with van der Waals surface area (Å²) in [5.74, 6) is -0.0437. The van der Waals surface area contributed by atoms with E-state index in [1.165, 1.54) is 4.90 Å². The predicted molar refractivity (Wildman–Crippen MR) is 119 cm³/mol. The molecule has 154 valence electrons. The van der Waals surface area contributed by atoms with Gasteiger partial charge in [0.1, 0.15) is 17.8 Å². The molecule has 0 unspecified atom stereocenters. The van der Waals surface area contributed by atoms with E-state index in [-0.39, 0.29) is 17.7 Å². The van der Waals surface area contributed by atoms with Crippen LogP contribution in [-0.2, 0) is 21.0 Å². The summed E-state index contributed by atoms with van der Waals surface area (Å²) in [5, 5.41) is 6.06. The van der Waals surface area contributed by atoms with Crippen LogP contribution in [0.3, 0.4) is 0 Å². The van der Waals surface area contributed by atoms with Crippen LogP contribution in [-0.4, -0.2) is 23.4 Å². The first-order valence-electron chi connectivity index (χ1n) is 10.1. The maximum atomic E-state index is 12.8. The Bertz CT molecular complexity index is 1320. The molecule has 2 heterocycles. The second-order valence-electron chi connectivity index (χ2n) is 7.15. The quantitative estimate of drug-likeness (QED) is 0.330. The fraction of sp³-hybridized carbons (Fsp3) is 0.120. The molecule has 0 atom stereocenters. The highest BCUT2D eigenvalue weighted by molar-refractivity contribution is 6.11. The van der Waals surface area contributed by atoms with Crippen molar-refractivity contribution in [2.45, 2.75) is 13.5 Å². The van der Waals surface area contributed by atoms with Gasteiger partial charge in [0.25, 0.3) is 5.91 Å². The second-order valence-corrected chi connectivity index (χ2v) is 7.15. The van der Waals surface area contributed by atoms with Gasteiger partial charge in [0.15, 0.2) is 5.76 Å². The third-order valence-electron chi connectivity index (χ3n) is 5.12. The van der Waals surface area contributed by atoms with Crippen LogP contribution in [0.4, 0.5) is 0 Å². The number of fused-ring (bicyclic) bond motifs is 3. The van der Waals surface area contributed by atoms with Crippen molar-refractivity contribution in [3.05, 3.63) is 89.7 Å². The number of oxime groups is 1. The van der Waals surface area contributed by atoms with Crippen LogP contribution in [0.15, 0.2) is 88.1 Å². The molecule has 0 saturated carbocycles. The van der Waals surface area contributed by atoms with Crippen LogP contribution in [0.1, 0.15) is 18.1 Å². The Labute approximate surface area is 179 Å². The van der Waals surface area contributed by atoms with E-state index in [9.17, 15) is 4.79 Å². The zero-order chi connectivity index (χ0) is 21.2. The number of carbonyl (C=O) groups excluding carboxylic acids is 1. The van der Waals surface area contributed by atoms with Gasteiger partial charge in [0.2, 0.25) is 0 Å². The summed E-state index contributed by atoms with van der Waals surface area (Å²) in [6, 6.07) is 23.5. The summed E-state index contributed by atoms with van der Waals surface area (Å²) in [6.07, 6.45) is 1.71. The molecule has 0 radical (unpaired) electrons. The molecule has 3 aromatic carbocycles. The fourth-order valence-electron chi connectivity index (χ4n) is 3.58. The molecule has 0 bridgehead atoms. The lowest BCUT2D eigenvalue weighted by Gasteiger charge is -2.09. The Balaban J connectivity index is 1.41. The molecule has 0 aliphatic carbocycles. The number of rotatable bonds is 5. The van der Waals surface area contributed by atoms with E-state index in [0.717, 1.165) is 33.1 Å². The van der Waals surface area contributed by atoms with Crippen LogP contribution in [0.2, 0.25) is 0 Å². The summed E-state index contributed by atoms with van der Waals surface area (Å²) in [5.41, 5.74) is 3.45. The van der Waals surface area contributed by atoms with Gasteiger partial charge in [0.05, 0.1) is 0 Å². The number of likely N-dealkylation sites (N-methyl/N-ethyl adjacent to an activating group) is 1. The SMILES string of the molecule is CCN1C(=O)/C(=C\c2ccc3oc4ccccc4c3c2)OC1=NOCc1ccccc1. The van der Waals surface area contributed by atoms with E-state index < -0.39 is 0 Å². The minimum Gasteiger partial charge on any atom is -0.456 e. The Hall–Kier alpha value is -4.06. The molecule has 0 spiro atoms. The summed E-state index contributed by atoms with van der Waals surface area (Å²) < 4.78 is 11.6. The van der Waals surface area contributed by atoms with Crippen LogP contribution in [0.5, 0.6) is 0 Å². The number of nitrogens with zero attached hydrogens (tertiary/aromatic N) is 2. The van der Waals surface area contributed by atoms with Gasteiger partial charge < -0.3 is 14.0 Å². The lowest BCUT2D eigenvalue weighted by Crippen LogP contribution is -2.29. The first-order valence-corrected chi connectivity index (χ1v) is 10.1. The number of hydrogen-bond acceptors (Lipinski definition) is 5. The number of benzene rings is 3. The van der Waals surface area contributed by atoms with E-state index in [1.54, 1.807) is 6.08 Å². The monoisotopic (exact) mass is 412 g/mol. The zero-order valence-corrected chi connectivity index (χ0v) is 16.9. The molecule has 1 aromatic heterocycles. The lowest BCUT2D eigenvalue weighted by molar-refractivity contribution is -0.122. The van der Waals surface area contributed by atoms with Crippen LogP contribution < -0.4 is 0 Å². The Morgan fingerprint density at radius 1 is 0.968 bits per heavy atom. The fourth-order valence-corrected chi connectivity index (χ4v) is 3.58. The van der Waals surface area contributed by atoms with Crippen LogP contribution >= 0.6 is 0 Å². The maximum Gasteiger partial charge on any atom is 0.339 e. The van der Waals surface area contributed by atoms with Crippen molar-refractivity contribution in [1.29, 1.82) is 0 Å². The molecule has 6 nitrogen and oxygen atoms in total. The molecule has 5 rings (SSSR count). The Morgan fingerprint density at radius 3 is 2.58 bits per heavy atom. The van der Waals surface area contributed by atoms with Crippen molar-refractivity contribution < 1.29 is 18.8 Å². The van der Waals surface area contributed by atoms with Gasteiger partial charge in [-0.15, -0.1) is 0 Å². The number of amidine groups is 1. The van der Waals surface area contributed by atoms with Crippen LogP contribution in [0.25, 0.3) is 28.0 Å². The second kappa shape index (κ2) is 7.99. The number of carbonyl (C=O) groups is 1. The molecule has 31 heavy (non-hydrogen) atoms. The average Bonchev–Trinajstić information content (AvgIpc) is 3.31. The molecule has 1 fully saturated rings. The predicted octanol–water partition coefficient (Wildman–Crippen LogP) is 5.29. The number of furan rings is 1. The highest BCUT2D eigenvalue weighted by Crippen LogP contribution is 2.30. The van der Waals surface area contributed by atoms with Crippen molar-refractivity contribution in [1.82, 2.24) is 4.90 Å². The van der Waals surface area contributed by atoms with Gasteiger partial charge in [-0.25, -0.2) is 0 Å². The van der Waals surface area contributed by atoms with Gasteiger partial charge in [-0.1, -0.05) is 54.6 Å². The molecule has 1 saturated heterocycles. The molecule has 1 amide bonds. The third-order valence-corrected chi connectivity index (χ3v) is 5.12. The van der Waals surface area contributed by atoms with Crippen molar-refractivity contribution in [2.24, 2.45) is 5.16 Å². The molecule has 6 heteroatoms. The number of para-hydroxylation sites is 1. The Morgan fingerprint density at radius 2 is 1.74 bits per heavy atom. The highest BCUT2D eigenvalue weighted by atomic mass is 16.7. The van der Waals surface area contributed by atoms with Gasteiger partial charge in [-0.3, -0.25) is 9.69 Å². The average molecular weight is 412 g/mol. The zero-order valence-electron chi connectivity index (χ0n) is 16.9. The molecular formula is C25H20N2O4. The highest BCUT2D eigenvalue weighted by Gasteiger charge is 2.34. The lowest BCUT2D eigenvalue weighted by atomic mass is 10.1. The van der Waals surface area contributed by atoms with Gasteiger partial charge in [0, 0.05) is 17.3 Å². The molecular weight excluding hydrogens is 392 g/mol. The number of ether oxygens (including phenoxy) is 1. The van der Waals surface area contributed by atoms with Crippen molar-refractivity contribution in [2.75, 3.05) is 6.54 Å². The summed E-state index contributed by atoms with van der Waals surface area (Å²) >= 11 is 0. The van der Waals surface area contributed by atoms with Crippen molar-refractivity contribution in [3.8, 4) is 0 Å². The van der Waals surface area contributed by atoms with E-state index >= 15 is 0 Å². The standard InChI is InChI=1S/C25H20N2O4/c1-2-27-24(28)23(31-25(27)26-29-16-17-8-4-3-5-9-17)15-18-12-13-22-20(14-18)19-10-6-7-11-21(19)30-22/h3-15H,2,16H2,1H3/b23-15+,26-25?. The summed E-state index contributed by atoms with van der Waals surface area (Å²) in [6.45, 7) is 2.58. The van der Waals surface area contributed by atoms with E-state index in [1.807, 2.05) is 79.7 Å². The van der Waals surface area contributed by atoms with E-state index in [2.05, 4.69) is 5.16 Å². The summed E-state index contributed by atoms with van der Waals surface area (Å²) in [4.78, 5) is 19.6. The van der Waals surface area contributed by atoms with Crippen molar-refractivity contribution >= 4 is 39.9 Å². The van der Waals surface area contributed by atoms with Gasteiger partial charge in [-0.05, 0) is 47.5 Å². The minimum absolute atomic E-state index is 0.143. The molecule has 1 aliphatic rings. The molecule has 0 N–H and O–H groups in total. The maximum absolute atomic E-state index is 12.8. The smallest absolute Gasteiger partial charge is 0.339 e. The first-order chi connectivity index (χ1) is 15.2. The van der Waals surface area contributed by atoms with E-state index in [4.69, 9.17) is 14.0 Å². The number of hydrogen-bond donors (Lipinski definition) is 0. The van der Waals surface area contributed by atoms with Crippen molar-refractivity contribution in [3.63, 3.8) is 0 Å². The Kier molecular flexibility index (Phi) is 4.88. The first kappa shape index (κ1) is 18.9. The number of amides is 1. The van der Waals surface area contributed by atoms with Crippen LogP contribution in [0, 0.1) is 0 Å². The van der Waals surface area contributed by atoms with E-state index in [0.29, 0.717) is 13.2 Å². The molecule has 4 aromatic rings. The third kappa shape index (κ3) is 3.64. The van der Waals surface area contributed by atoms with Gasteiger partial charge in [-0.2, -0.15) is 0 Å². The minimum atomic E-state index is -0.248. The molecule has 1 aliphatic heterocycles. The normalized spacial score (nSPS) is 16.5. The largest absolute Gasteiger partial charge is 0.456 e. The van der Waals surface area contributed by atoms with Gasteiger partial charge >= 0.3 is 6.02 Å². The topological polar surface area (TPSA) is 64.3 Å². The summed E-state index contributed by atoms with van der Waals surface area (Å²) in [7, 11) is 0.